The number of ether oxygens (including phenoxy) is 3. The zero-order valence-corrected chi connectivity index (χ0v) is 11.9. The highest BCUT2D eigenvalue weighted by Gasteiger charge is 2.44. The van der Waals surface area contributed by atoms with Crippen molar-refractivity contribution < 1.29 is 22.6 Å². The minimum atomic E-state index is -3.28. The molecule has 3 aliphatic rings. The third-order valence-electron chi connectivity index (χ3n) is 4.01. The lowest BCUT2D eigenvalue weighted by atomic mass is 10.1. The van der Waals surface area contributed by atoms with Crippen molar-refractivity contribution in [3.05, 3.63) is 0 Å². The SMILES string of the molecule is O=S(=O)(CC1CCCO1)N1CCCC2(C1)OCCO2. The van der Waals surface area contributed by atoms with E-state index in [1.165, 1.54) is 4.31 Å². The molecule has 1 unspecified atom stereocenters. The quantitative estimate of drug-likeness (QED) is 0.750. The van der Waals surface area contributed by atoms with Crippen molar-refractivity contribution in [1.82, 2.24) is 4.31 Å². The van der Waals surface area contributed by atoms with E-state index in [0.29, 0.717) is 32.9 Å². The largest absolute Gasteiger partial charge is 0.377 e. The van der Waals surface area contributed by atoms with Gasteiger partial charge in [0.2, 0.25) is 10.0 Å². The first-order valence-electron chi connectivity index (χ1n) is 6.97. The van der Waals surface area contributed by atoms with Gasteiger partial charge in [0.05, 0.1) is 31.6 Å². The van der Waals surface area contributed by atoms with Crippen LogP contribution in [0.2, 0.25) is 0 Å². The molecule has 1 atom stereocenters. The van der Waals surface area contributed by atoms with Crippen LogP contribution in [0.15, 0.2) is 0 Å². The first-order chi connectivity index (χ1) is 9.10. The second-order valence-corrected chi connectivity index (χ2v) is 7.47. The zero-order valence-electron chi connectivity index (χ0n) is 11.0. The zero-order chi connectivity index (χ0) is 13.3. The summed E-state index contributed by atoms with van der Waals surface area (Å²) in [7, 11) is -3.28. The standard InChI is InChI=1S/C12H21NO5S/c14-19(15,9-11-3-1-6-16-11)13-5-2-4-12(10-13)17-7-8-18-12/h11H,1-10H2. The van der Waals surface area contributed by atoms with Gasteiger partial charge in [-0.1, -0.05) is 0 Å². The van der Waals surface area contributed by atoms with E-state index in [1.54, 1.807) is 0 Å². The third kappa shape index (κ3) is 2.95. The fourth-order valence-corrected chi connectivity index (χ4v) is 4.78. The van der Waals surface area contributed by atoms with Crippen molar-refractivity contribution in [2.75, 3.05) is 38.7 Å². The van der Waals surface area contributed by atoms with E-state index in [9.17, 15) is 8.42 Å². The molecule has 0 radical (unpaired) electrons. The third-order valence-corrected chi connectivity index (χ3v) is 5.90. The minimum absolute atomic E-state index is 0.0864. The van der Waals surface area contributed by atoms with Gasteiger partial charge in [0, 0.05) is 19.6 Å². The van der Waals surface area contributed by atoms with E-state index in [0.717, 1.165) is 25.7 Å². The van der Waals surface area contributed by atoms with Crippen LogP contribution in [0.25, 0.3) is 0 Å². The van der Waals surface area contributed by atoms with Gasteiger partial charge in [0.1, 0.15) is 0 Å². The van der Waals surface area contributed by atoms with Crippen molar-refractivity contribution in [2.45, 2.75) is 37.6 Å². The highest BCUT2D eigenvalue weighted by Crippen LogP contribution is 2.31. The Morgan fingerprint density at radius 2 is 1.95 bits per heavy atom. The summed E-state index contributed by atoms with van der Waals surface area (Å²) in [4.78, 5) is 0. The average molecular weight is 291 g/mol. The van der Waals surface area contributed by atoms with Crippen LogP contribution in [0.4, 0.5) is 0 Å². The van der Waals surface area contributed by atoms with Crippen molar-refractivity contribution in [3.63, 3.8) is 0 Å². The molecule has 3 rings (SSSR count). The summed E-state index contributed by atoms with van der Waals surface area (Å²) in [6.45, 7) is 2.67. The second-order valence-electron chi connectivity index (χ2n) is 5.46. The first kappa shape index (κ1) is 13.8. The Morgan fingerprint density at radius 1 is 1.16 bits per heavy atom. The van der Waals surface area contributed by atoms with Gasteiger partial charge in [-0.3, -0.25) is 0 Å². The fraction of sp³-hybridized carbons (Fsp3) is 1.00. The Kier molecular flexibility index (Phi) is 3.83. The number of piperidine rings is 1. The molecule has 1 spiro atoms. The van der Waals surface area contributed by atoms with E-state index >= 15 is 0 Å². The molecule has 0 saturated carbocycles. The molecule has 3 heterocycles. The van der Waals surface area contributed by atoms with Gasteiger partial charge in [-0.2, -0.15) is 4.31 Å². The van der Waals surface area contributed by atoms with Gasteiger partial charge < -0.3 is 14.2 Å². The number of sulfonamides is 1. The molecule has 3 aliphatic heterocycles. The minimum Gasteiger partial charge on any atom is -0.377 e. The molecule has 110 valence electrons. The highest BCUT2D eigenvalue weighted by atomic mass is 32.2. The van der Waals surface area contributed by atoms with Crippen molar-refractivity contribution in [3.8, 4) is 0 Å². The van der Waals surface area contributed by atoms with Crippen LogP contribution in [0.3, 0.4) is 0 Å². The maximum Gasteiger partial charge on any atom is 0.216 e. The molecule has 0 aromatic carbocycles. The van der Waals surface area contributed by atoms with Crippen LogP contribution in [0, 0.1) is 0 Å². The Bertz CT molecular complexity index is 412. The fourth-order valence-electron chi connectivity index (χ4n) is 3.04. The van der Waals surface area contributed by atoms with Crippen LogP contribution in [-0.4, -0.2) is 63.3 Å². The molecule has 0 bridgehead atoms. The summed E-state index contributed by atoms with van der Waals surface area (Å²) >= 11 is 0. The highest BCUT2D eigenvalue weighted by molar-refractivity contribution is 7.89. The predicted octanol–water partition coefficient (Wildman–Crippen LogP) is 0.334. The maximum atomic E-state index is 12.4. The van der Waals surface area contributed by atoms with Crippen molar-refractivity contribution >= 4 is 10.0 Å². The summed E-state index contributed by atoms with van der Waals surface area (Å²) in [5.41, 5.74) is 0. The number of rotatable bonds is 3. The summed E-state index contributed by atoms with van der Waals surface area (Å²) in [5.74, 6) is -0.606. The topological polar surface area (TPSA) is 65.1 Å². The van der Waals surface area contributed by atoms with Crippen molar-refractivity contribution in [1.29, 1.82) is 0 Å². The lowest BCUT2D eigenvalue weighted by Crippen LogP contribution is -2.52. The van der Waals surface area contributed by atoms with E-state index in [1.807, 2.05) is 0 Å². The molecule has 3 fully saturated rings. The summed E-state index contributed by atoms with van der Waals surface area (Å²) in [6.07, 6.45) is 3.21. The molecule has 0 aromatic heterocycles. The average Bonchev–Trinajstić information content (AvgIpc) is 3.02. The van der Waals surface area contributed by atoms with E-state index in [2.05, 4.69) is 0 Å². The molecule has 19 heavy (non-hydrogen) atoms. The molecule has 0 amide bonds. The van der Waals surface area contributed by atoms with Crippen LogP contribution in [-0.2, 0) is 24.2 Å². The molecule has 0 aliphatic carbocycles. The molecule has 0 N–H and O–H groups in total. The Morgan fingerprint density at radius 3 is 2.63 bits per heavy atom. The lowest BCUT2D eigenvalue weighted by Gasteiger charge is -2.38. The van der Waals surface area contributed by atoms with Crippen LogP contribution < -0.4 is 0 Å². The molecule has 6 nitrogen and oxygen atoms in total. The monoisotopic (exact) mass is 291 g/mol. The van der Waals surface area contributed by atoms with Crippen LogP contribution >= 0.6 is 0 Å². The molecule has 0 aromatic rings. The van der Waals surface area contributed by atoms with Gasteiger partial charge in [0.25, 0.3) is 0 Å². The summed E-state index contributed by atoms with van der Waals surface area (Å²) < 4.78 is 43.0. The van der Waals surface area contributed by atoms with Crippen LogP contribution in [0.1, 0.15) is 25.7 Å². The molecule has 7 heteroatoms. The maximum absolute atomic E-state index is 12.4. The Hall–Kier alpha value is -0.210. The summed E-state index contributed by atoms with van der Waals surface area (Å²) in [6, 6.07) is 0. The van der Waals surface area contributed by atoms with Gasteiger partial charge in [0.15, 0.2) is 5.79 Å². The van der Waals surface area contributed by atoms with Crippen LogP contribution in [0.5, 0.6) is 0 Å². The predicted molar refractivity (Wildman–Crippen MR) is 68.2 cm³/mol. The number of hydrogen-bond acceptors (Lipinski definition) is 5. The number of nitrogens with zero attached hydrogens (tertiary/aromatic N) is 1. The lowest BCUT2D eigenvalue weighted by molar-refractivity contribution is -0.179. The normalized spacial score (nSPS) is 32.1. The Labute approximate surface area is 114 Å². The Balaban J connectivity index is 1.66. The second kappa shape index (κ2) is 5.29. The molecule has 3 saturated heterocycles. The van der Waals surface area contributed by atoms with E-state index in [-0.39, 0.29) is 11.9 Å². The summed E-state index contributed by atoms with van der Waals surface area (Å²) in [5, 5.41) is 0. The van der Waals surface area contributed by atoms with Crippen molar-refractivity contribution in [2.24, 2.45) is 0 Å². The van der Waals surface area contributed by atoms with Gasteiger partial charge in [-0.25, -0.2) is 8.42 Å². The molecular weight excluding hydrogens is 270 g/mol. The van der Waals surface area contributed by atoms with E-state index < -0.39 is 15.8 Å². The van der Waals surface area contributed by atoms with Gasteiger partial charge in [-0.05, 0) is 19.3 Å². The first-order valence-corrected chi connectivity index (χ1v) is 8.58. The van der Waals surface area contributed by atoms with E-state index in [4.69, 9.17) is 14.2 Å². The van der Waals surface area contributed by atoms with Gasteiger partial charge >= 0.3 is 0 Å². The number of hydrogen-bond donors (Lipinski definition) is 0. The van der Waals surface area contributed by atoms with Gasteiger partial charge in [-0.15, -0.1) is 0 Å². The molecular formula is C12H21NO5S. The smallest absolute Gasteiger partial charge is 0.216 e.